The van der Waals surface area contributed by atoms with E-state index in [1.54, 1.807) is 0 Å². The highest BCUT2D eigenvalue weighted by Gasteiger charge is 2.18. The number of hydrogen-bond donors (Lipinski definition) is 1. The summed E-state index contributed by atoms with van der Waals surface area (Å²) < 4.78 is 26.8. The molecule has 0 fully saturated rings. The summed E-state index contributed by atoms with van der Waals surface area (Å²) >= 11 is 0. The summed E-state index contributed by atoms with van der Waals surface area (Å²) in [7, 11) is 4.02. The maximum Gasteiger partial charge on any atom is 0.130 e. The van der Waals surface area contributed by atoms with Crippen LogP contribution >= 0.6 is 0 Å². The molecule has 18 heavy (non-hydrogen) atoms. The van der Waals surface area contributed by atoms with Gasteiger partial charge in [0.05, 0.1) is 0 Å². The van der Waals surface area contributed by atoms with E-state index in [-0.39, 0.29) is 17.5 Å². The summed E-state index contributed by atoms with van der Waals surface area (Å²) in [6.45, 7) is 6.09. The molecule has 102 valence electrons. The van der Waals surface area contributed by atoms with Crippen molar-refractivity contribution in [2.75, 3.05) is 27.2 Å². The fourth-order valence-electron chi connectivity index (χ4n) is 2.14. The Morgan fingerprint density at radius 2 is 1.72 bits per heavy atom. The van der Waals surface area contributed by atoms with Crippen LogP contribution < -0.4 is 5.32 Å². The van der Waals surface area contributed by atoms with Crippen molar-refractivity contribution < 1.29 is 8.78 Å². The fraction of sp³-hybridized carbons (Fsp3) is 0.571. The second-order valence-corrected chi connectivity index (χ2v) is 5.71. The third-order valence-electron chi connectivity index (χ3n) is 2.71. The van der Waals surface area contributed by atoms with Gasteiger partial charge >= 0.3 is 0 Å². The molecule has 1 aromatic carbocycles. The average Bonchev–Trinajstić information content (AvgIpc) is 2.20. The molecule has 0 bridgehead atoms. The molecular formula is C14H22F2N2. The first-order valence-corrected chi connectivity index (χ1v) is 6.10. The fourth-order valence-corrected chi connectivity index (χ4v) is 2.14. The molecule has 0 heterocycles. The highest BCUT2D eigenvalue weighted by atomic mass is 19.1. The number of nitrogens with one attached hydrogen (secondary N) is 1. The van der Waals surface area contributed by atoms with Crippen molar-refractivity contribution in [3.05, 3.63) is 35.4 Å². The normalized spacial score (nSPS) is 12.2. The molecule has 0 radical (unpaired) electrons. The van der Waals surface area contributed by atoms with Crippen molar-refractivity contribution in [2.45, 2.75) is 20.4 Å². The number of benzene rings is 1. The van der Waals surface area contributed by atoms with E-state index in [4.69, 9.17) is 0 Å². The molecule has 4 heteroatoms. The molecule has 0 unspecified atom stereocenters. The van der Waals surface area contributed by atoms with Gasteiger partial charge in [-0.1, -0.05) is 19.9 Å². The topological polar surface area (TPSA) is 15.3 Å². The van der Waals surface area contributed by atoms with Crippen LogP contribution in [0.3, 0.4) is 0 Å². The summed E-state index contributed by atoms with van der Waals surface area (Å²) in [5.41, 5.74) is 0.170. The zero-order valence-electron chi connectivity index (χ0n) is 11.6. The Bertz CT molecular complexity index is 369. The lowest BCUT2D eigenvalue weighted by atomic mass is 9.93. The van der Waals surface area contributed by atoms with Crippen LogP contribution in [0.1, 0.15) is 19.4 Å². The number of rotatable bonds is 6. The largest absolute Gasteiger partial charge is 0.312 e. The van der Waals surface area contributed by atoms with Gasteiger partial charge in [0.25, 0.3) is 0 Å². The van der Waals surface area contributed by atoms with E-state index < -0.39 is 11.6 Å². The summed E-state index contributed by atoms with van der Waals surface area (Å²) in [6, 6.07) is 3.94. The molecule has 0 aliphatic heterocycles. The van der Waals surface area contributed by atoms with E-state index in [0.717, 1.165) is 6.54 Å². The van der Waals surface area contributed by atoms with Crippen LogP contribution in [-0.2, 0) is 6.54 Å². The quantitative estimate of drug-likeness (QED) is 0.841. The van der Waals surface area contributed by atoms with E-state index in [0.29, 0.717) is 6.54 Å². The second-order valence-electron chi connectivity index (χ2n) is 5.71. The monoisotopic (exact) mass is 256 g/mol. The SMILES string of the molecule is CN(C)CC(C)(C)CNCc1c(F)cccc1F. The van der Waals surface area contributed by atoms with Crippen LogP contribution in [0.15, 0.2) is 18.2 Å². The molecule has 1 N–H and O–H groups in total. The first kappa shape index (κ1) is 15.1. The van der Waals surface area contributed by atoms with E-state index in [1.807, 2.05) is 14.1 Å². The maximum atomic E-state index is 13.4. The Kier molecular flexibility index (Phi) is 5.23. The number of halogens is 2. The minimum Gasteiger partial charge on any atom is -0.312 e. The van der Waals surface area contributed by atoms with Crippen LogP contribution in [0.2, 0.25) is 0 Å². The Balaban J connectivity index is 2.51. The first-order valence-electron chi connectivity index (χ1n) is 6.10. The van der Waals surface area contributed by atoms with Gasteiger partial charge in [-0.05, 0) is 31.6 Å². The molecule has 0 amide bonds. The van der Waals surface area contributed by atoms with E-state index in [2.05, 4.69) is 24.1 Å². The van der Waals surface area contributed by atoms with Crippen LogP contribution in [0, 0.1) is 17.0 Å². The van der Waals surface area contributed by atoms with Crippen LogP contribution in [0.25, 0.3) is 0 Å². The van der Waals surface area contributed by atoms with Gasteiger partial charge in [-0.3, -0.25) is 0 Å². The predicted molar refractivity (Wildman–Crippen MR) is 70.4 cm³/mol. The Hall–Kier alpha value is -1.00. The van der Waals surface area contributed by atoms with Crippen molar-refractivity contribution in [1.82, 2.24) is 10.2 Å². The molecule has 0 atom stereocenters. The molecule has 0 aromatic heterocycles. The lowest BCUT2D eigenvalue weighted by molar-refractivity contribution is 0.231. The van der Waals surface area contributed by atoms with E-state index in [1.165, 1.54) is 18.2 Å². The Morgan fingerprint density at radius 1 is 1.17 bits per heavy atom. The van der Waals surface area contributed by atoms with Gasteiger partial charge in [0.1, 0.15) is 11.6 Å². The first-order chi connectivity index (χ1) is 8.32. The van der Waals surface area contributed by atoms with Gasteiger partial charge in [0, 0.05) is 25.2 Å². The van der Waals surface area contributed by atoms with Gasteiger partial charge in [0.15, 0.2) is 0 Å². The number of nitrogens with zero attached hydrogens (tertiary/aromatic N) is 1. The summed E-state index contributed by atoms with van der Waals surface area (Å²) in [5, 5.41) is 3.12. The van der Waals surface area contributed by atoms with Crippen molar-refractivity contribution in [3.63, 3.8) is 0 Å². The van der Waals surface area contributed by atoms with Crippen LogP contribution in [-0.4, -0.2) is 32.1 Å². The molecule has 0 spiro atoms. The molecule has 0 aliphatic rings. The zero-order valence-corrected chi connectivity index (χ0v) is 11.6. The van der Waals surface area contributed by atoms with Crippen molar-refractivity contribution >= 4 is 0 Å². The zero-order chi connectivity index (χ0) is 13.8. The smallest absolute Gasteiger partial charge is 0.130 e. The second kappa shape index (κ2) is 6.25. The minimum absolute atomic E-state index is 0.0607. The van der Waals surface area contributed by atoms with E-state index in [9.17, 15) is 8.78 Å². The van der Waals surface area contributed by atoms with Gasteiger partial charge < -0.3 is 10.2 Å². The van der Waals surface area contributed by atoms with Gasteiger partial charge in [-0.2, -0.15) is 0 Å². The predicted octanol–water partition coefficient (Wildman–Crippen LogP) is 2.64. The lowest BCUT2D eigenvalue weighted by Crippen LogP contribution is -2.37. The highest BCUT2D eigenvalue weighted by Crippen LogP contribution is 2.16. The molecule has 1 rings (SSSR count). The average molecular weight is 256 g/mol. The number of hydrogen-bond acceptors (Lipinski definition) is 2. The van der Waals surface area contributed by atoms with Gasteiger partial charge in [-0.25, -0.2) is 8.78 Å². The van der Waals surface area contributed by atoms with Crippen LogP contribution in [0.4, 0.5) is 8.78 Å². The lowest BCUT2D eigenvalue weighted by Gasteiger charge is -2.28. The van der Waals surface area contributed by atoms with Crippen molar-refractivity contribution in [2.24, 2.45) is 5.41 Å². The summed E-state index contributed by atoms with van der Waals surface area (Å²) in [4.78, 5) is 2.10. The third kappa shape index (κ3) is 4.70. The van der Waals surface area contributed by atoms with Crippen LogP contribution in [0.5, 0.6) is 0 Å². The molecule has 1 aromatic rings. The molecule has 0 aliphatic carbocycles. The van der Waals surface area contributed by atoms with E-state index >= 15 is 0 Å². The maximum absolute atomic E-state index is 13.4. The summed E-state index contributed by atoms with van der Waals surface area (Å²) in [6.07, 6.45) is 0. The Morgan fingerprint density at radius 3 is 2.22 bits per heavy atom. The minimum atomic E-state index is -0.493. The van der Waals surface area contributed by atoms with Gasteiger partial charge in [0.2, 0.25) is 0 Å². The van der Waals surface area contributed by atoms with Crippen molar-refractivity contribution in [3.8, 4) is 0 Å². The molecule has 0 saturated carbocycles. The third-order valence-corrected chi connectivity index (χ3v) is 2.71. The molecular weight excluding hydrogens is 234 g/mol. The highest BCUT2D eigenvalue weighted by molar-refractivity contribution is 5.19. The summed E-state index contributed by atoms with van der Waals surface area (Å²) in [5.74, 6) is -0.985. The van der Waals surface area contributed by atoms with Crippen molar-refractivity contribution in [1.29, 1.82) is 0 Å². The molecule has 0 saturated heterocycles. The standard InChI is InChI=1S/C14H22F2N2/c1-14(2,10-18(3)4)9-17-8-11-12(15)6-5-7-13(11)16/h5-7,17H,8-10H2,1-4H3. The van der Waals surface area contributed by atoms with Gasteiger partial charge in [-0.15, -0.1) is 0 Å². The Labute approximate surface area is 108 Å². The molecule has 2 nitrogen and oxygen atoms in total.